The summed E-state index contributed by atoms with van der Waals surface area (Å²) in [5, 5.41) is 2.74. The number of hydroxylamine groups is 1. The second kappa shape index (κ2) is 9.86. The number of ether oxygens (including phenoxy) is 2. The van der Waals surface area contributed by atoms with Gasteiger partial charge in [-0.15, -0.1) is 0 Å². The zero-order valence-corrected chi connectivity index (χ0v) is 19.1. The lowest BCUT2D eigenvalue weighted by Gasteiger charge is -2.17. The first-order valence-electron chi connectivity index (χ1n) is 9.75. The fourth-order valence-electron chi connectivity index (χ4n) is 3.31. The topological polar surface area (TPSA) is 94.2 Å². The highest BCUT2D eigenvalue weighted by molar-refractivity contribution is 7.89. The molecule has 8 nitrogen and oxygen atoms in total. The van der Waals surface area contributed by atoms with Crippen molar-refractivity contribution in [1.29, 1.82) is 0 Å². The van der Waals surface area contributed by atoms with Crippen molar-refractivity contribution in [2.75, 3.05) is 26.6 Å². The summed E-state index contributed by atoms with van der Waals surface area (Å²) in [6.45, 7) is 0. The van der Waals surface area contributed by atoms with Crippen LogP contribution in [0.5, 0.6) is 11.5 Å². The van der Waals surface area contributed by atoms with E-state index in [1.54, 1.807) is 25.3 Å². The van der Waals surface area contributed by atoms with Gasteiger partial charge in [0.15, 0.2) is 11.5 Å². The minimum Gasteiger partial charge on any atom is -0.493 e. The fraction of sp³-hybridized carbons (Fsp3) is 0.381. The van der Waals surface area contributed by atoms with E-state index in [9.17, 15) is 13.2 Å². The quantitative estimate of drug-likeness (QED) is 0.586. The summed E-state index contributed by atoms with van der Waals surface area (Å²) in [7, 11) is -0.000878. The molecule has 0 heterocycles. The van der Waals surface area contributed by atoms with Crippen LogP contribution in [0.25, 0.3) is 0 Å². The normalized spacial score (nSPS) is 14.6. The van der Waals surface area contributed by atoms with Gasteiger partial charge in [-0.05, 0) is 56.0 Å². The Morgan fingerprint density at radius 3 is 2.45 bits per heavy atom. The van der Waals surface area contributed by atoms with Gasteiger partial charge in [0.2, 0.25) is 0 Å². The average Bonchev–Trinajstić information content (AvgIpc) is 3.26. The maximum Gasteiger partial charge on any atom is 0.266 e. The van der Waals surface area contributed by atoms with Crippen molar-refractivity contribution >= 4 is 33.2 Å². The number of sulfonamides is 1. The molecule has 1 aliphatic rings. The molecule has 1 saturated carbocycles. The van der Waals surface area contributed by atoms with Crippen LogP contribution in [-0.4, -0.2) is 46.2 Å². The predicted molar refractivity (Wildman–Crippen MR) is 117 cm³/mol. The van der Waals surface area contributed by atoms with E-state index < -0.39 is 15.9 Å². The molecule has 0 unspecified atom stereocenters. The molecule has 0 atom stereocenters. The predicted octanol–water partition coefficient (Wildman–Crippen LogP) is 4.10. The number of carbonyl (C=O) groups excluding carboxylic acids is 1. The number of carbonyl (C=O) groups is 1. The Morgan fingerprint density at radius 1 is 1.10 bits per heavy atom. The second-order valence-electron chi connectivity index (χ2n) is 7.09. The van der Waals surface area contributed by atoms with Gasteiger partial charge in [0.1, 0.15) is 4.90 Å². The molecular formula is C21H25ClN2O6S. The van der Waals surface area contributed by atoms with Crippen molar-refractivity contribution < 1.29 is 27.5 Å². The van der Waals surface area contributed by atoms with Gasteiger partial charge in [-0.25, -0.2) is 8.42 Å². The van der Waals surface area contributed by atoms with E-state index in [1.165, 1.54) is 32.4 Å². The van der Waals surface area contributed by atoms with E-state index in [4.69, 9.17) is 25.9 Å². The summed E-state index contributed by atoms with van der Waals surface area (Å²) in [6.07, 6.45) is 4.35. The zero-order chi connectivity index (χ0) is 22.6. The molecule has 1 N–H and O–H groups in total. The molecule has 1 fully saturated rings. The number of halogens is 1. The molecule has 2 aromatic rings. The van der Waals surface area contributed by atoms with Gasteiger partial charge in [-0.1, -0.05) is 16.1 Å². The Hall–Kier alpha value is -2.33. The Morgan fingerprint density at radius 2 is 1.81 bits per heavy atom. The number of anilines is 1. The van der Waals surface area contributed by atoms with Crippen molar-refractivity contribution in [3.05, 3.63) is 47.0 Å². The summed E-state index contributed by atoms with van der Waals surface area (Å²) in [4.78, 5) is 17.3. The number of nitrogens with one attached hydrogen (secondary N) is 1. The van der Waals surface area contributed by atoms with Crippen LogP contribution in [0.1, 0.15) is 36.0 Å². The van der Waals surface area contributed by atoms with Crippen molar-refractivity contribution in [1.82, 2.24) is 4.47 Å². The molecule has 0 aromatic heterocycles. The third kappa shape index (κ3) is 5.30. The Kier molecular flexibility index (Phi) is 7.42. The SMILES string of the molecule is COc1ccc(NC(=O)c2ccc(Cl)c(S(=O)(=O)N(C)OC)c2)cc1OC1CCCC1. The van der Waals surface area contributed by atoms with Crippen LogP contribution in [0.4, 0.5) is 5.69 Å². The minimum atomic E-state index is -4.02. The average molecular weight is 469 g/mol. The van der Waals surface area contributed by atoms with Gasteiger partial charge in [0.05, 0.1) is 25.3 Å². The van der Waals surface area contributed by atoms with Crippen molar-refractivity contribution in [3.63, 3.8) is 0 Å². The van der Waals surface area contributed by atoms with Crippen LogP contribution in [0.15, 0.2) is 41.3 Å². The number of hydrogen-bond donors (Lipinski definition) is 1. The number of nitrogens with zero attached hydrogens (tertiary/aromatic N) is 1. The first-order chi connectivity index (χ1) is 14.8. The largest absolute Gasteiger partial charge is 0.493 e. The van der Waals surface area contributed by atoms with E-state index in [1.807, 2.05) is 0 Å². The monoisotopic (exact) mass is 468 g/mol. The number of methoxy groups -OCH3 is 1. The molecule has 31 heavy (non-hydrogen) atoms. The second-order valence-corrected chi connectivity index (χ2v) is 9.40. The van der Waals surface area contributed by atoms with Crippen molar-refractivity contribution in [2.24, 2.45) is 0 Å². The van der Waals surface area contributed by atoms with E-state index in [0.29, 0.717) is 21.7 Å². The number of amides is 1. The Bertz CT molecular complexity index is 1050. The summed E-state index contributed by atoms with van der Waals surface area (Å²) in [6, 6.07) is 9.11. The zero-order valence-electron chi connectivity index (χ0n) is 17.6. The van der Waals surface area contributed by atoms with Gasteiger partial charge in [-0.3, -0.25) is 9.63 Å². The van der Waals surface area contributed by atoms with Crippen LogP contribution in [-0.2, 0) is 14.9 Å². The molecule has 10 heteroatoms. The summed E-state index contributed by atoms with van der Waals surface area (Å²) in [5.74, 6) is 0.630. The lowest BCUT2D eigenvalue weighted by Crippen LogP contribution is -2.26. The molecule has 0 saturated heterocycles. The van der Waals surface area contributed by atoms with Crippen LogP contribution in [0.3, 0.4) is 0 Å². The molecule has 3 rings (SSSR count). The number of rotatable bonds is 8. The highest BCUT2D eigenvalue weighted by atomic mass is 35.5. The van der Waals surface area contributed by atoms with Gasteiger partial charge in [0, 0.05) is 24.4 Å². The van der Waals surface area contributed by atoms with Crippen molar-refractivity contribution in [2.45, 2.75) is 36.7 Å². The molecule has 0 aliphatic heterocycles. The van der Waals surface area contributed by atoms with Gasteiger partial charge < -0.3 is 14.8 Å². The smallest absolute Gasteiger partial charge is 0.266 e. The molecule has 2 aromatic carbocycles. The number of benzene rings is 2. The van der Waals surface area contributed by atoms with Gasteiger partial charge >= 0.3 is 0 Å². The van der Waals surface area contributed by atoms with Crippen LogP contribution in [0, 0.1) is 0 Å². The van der Waals surface area contributed by atoms with E-state index in [0.717, 1.165) is 25.7 Å². The molecule has 0 bridgehead atoms. The first-order valence-corrected chi connectivity index (χ1v) is 11.6. The summed E-state index contributed by atoms with van der Waals surface area (Å²) in [5.41, 5.74) is 0.619. The first kappa shape index (κ1) is 23.3. The van der Waals surface area contributed by atoms with Crippen molar-refractivity contribution in [3.8, 4) is 11.5 Å². The van der Waals surface area contributed by atoms with Crippen LogP contribution < -0.4 is 14.8 Å². The molecule has 0 spiro atoms. The Balaban J connectivity index is 1.84. The van der Waals surface area contributed by atoms with Gasteiger partial charge in [0.25, 0.3) is 15.9 Å². The highest BCUT2D eigenvalue weighted by Crippen LogP contribution is 2.34. The summed E-state index contributed by atoms with van der Waals surface area (Å²) < 4.78 is 37.2. The lowest BCUT2D eigenvalue weighted by atomic mass is 10.2. The Labute approximate surface area is 187 Å². The standard InChI is InChI=1S/C21H25ClN2O6S/c1-24(29-3)31(26,27)20-12-14(8-10-17(20)22)21(25)23-15-9-11-18(28-2)19(13-15)30-16-6-4-5-7-16/h8-13,16H,4-7H2,1-3H3,(H,23,25). The van der Waals surface area contributed by atoms with Crippen LogP contribution in [0.2, 0.25) is 5.02 Å². The van der Waals surface area contributed by atoms with E-state index >= 15 is 0 Å². The third-order valence-corrected chi connectivity index (χ3v) is 7.25. The molecule has 1 amide bonds. The molecular weight excluding hydrogens is 444 g/mol. The lowest BCUT2D eigenvalue weighted by molar-refractivity contribution is -0.0258. The summed E-state index contributed by atoms with van der Waals surface area (Å²) >= 11 is 6.06. The maximum atomic E-state index is 12.8. The number of hydrogen-bond acceptors (Lipinski definition) is 6. The third-order valence-electron chi connectivity index (χ3n) is 5.08. The molecule has 0 radical (unpaired) electrons. The van der Waals surface area contributed by atoms with Crippen LogP contribution >= 0.6 is 11.6 Å². The van der Waals surface area contributed by atoms with E-state index in [-0.39, 0.29) is 21.6 Å². The van der Waals surface area contributed by atoms with Gasteiger partial charge in [-0.2, -0.15) is 0 Å². The highest BCUT2D eigenvalue weighted by Gasteiger charge is 2.25. The molecule has 168 valence electrons. The van der Waals surface area contributed by atoms with E-state index in [2.05, 4.69) is 5.32 Å². The maximum absolute atomic E-state index is 12.8. The minimum absolute atomic E-state index is 0.0165. The fourth-order valence-corrected chi connectivity index (χ4v) is 4.79. The molecule has 1 aliphatic carbocycles.